The monoisotopic (exact) mass is 288 g/mol. The Hall–Kier alpha value is -0.740. The molecule has 0 aliphatic heterocycles. The molecule has 4 heteroatoms. The Kier molecular flexibility index (Phi) is 4.21. The summed E-state index contributed by atoms with van der Waals surface area (Å²) in [5.41, 5.74) is 0.167. The molecule has 0 fully saturated rings. The van der Waals surface area contributed by atoms with Gasteiger partial charge in [0.25, 0.3) is 0 Å². The Morgan fingerprint density at radius 1 is 1.25 bits per heavy atom. The van der Waals surface area contributed by atoms with Crippen LogP contribution in [0.25, 0.3) is 0 Å². The first kappa shape index (κ1) is 13.3. The highest BCUT2D eigenvalue weighted by Gasteiger charge is 2.19. The van der Waals surface area contributed by atoms with Gasteiger partial charge in [-0.15, -0.1) is 0 Å². The molecule has 0 bridgehead atoms. The summed E-state index contributed by atoms with van der Waals surface area (Å²) in [5.74, 6) is 1.44. The molecule has 0 aromatic heterocycles. The minimum Gasteiger partial charge on any atom is -0.497 e. The van der Waals surface area contributed by atoms with Gasteiger partial charge >= 0.3 is 0 Å². The molecule has 0 saturated carbocycles. The van der Waals surface area contributed by atoms with Crippen molar-refractivity contribution in [2.75, 3.05) is 14.2 Å². The number of hydrogen-bond donors (Lipinski definition) is 1. The Labute approximate surface area is 105 Å². The van der Waals surface area contributed by atoms with Crippen molar-refractivity contribution in [3.05, 3.63) is 22.2 Å². The van der Waals surface area contributed by atoms with Gasteiger partial charge in [-0.3, -0.25) is 0 Å². The summed E-state index contributed by atoms with van der Waals surface area (Å²) in [7, 11) is 3.21. The van der Waals surface area contributed by atoms with Gasteiger partial charge in [0.2, 0.25) is 0 Å². The molecule has 0 spiro atoms. The van der Waals surface area contributed by atoms with Crippen LogP contribution in [0.15, 0.2) is 16.6 Å². The number of hydrogen-bond acceptors (Lipinski definition) is 3. The Balaban J connectivity index is 3.16. The van der Waals surface area contributed by atoms with Gasteiger partial charge in [0.1, 0.15) is 11.5 Å². The van der Waals surface area contributed by atoms with Crippen molar-refractivity contribution in [3.8, 4) is 11.5 Å². The van der Waals surface area contributed by atoms with Crippen LogP contribution in [-0.2, 0) is 6.42 Å². The summed E-state index contributed by atoms with van der Waals surface area (Å²) in [4.78, 5) is 0. The van der Waals surface area contributed by atoms with Gasteiger partial charge in [-0.2, -0.15) is 0 Å². The maximum atomic E-state index is 9.83. The number of ether oxygens (including phenoxy) is 2. The van der Waals surface area contributed by atoms with E-state index in [1.54, 1.807) is 28.1 Å². The zero-order chi connectivity index (χ0) is 12.3. The lowest BCUT2D eigenvalue weighted by Crippen LogP contribution is -2.22. The maximum absolute atomic E-state index is 9.83. The summed E-state index contributed by atoms with van der Waals surface area (Å²) < 4.78 is 11.3. The van der Waals surface area contributed by atoms with Crippen LogP contribution in [0.5, 0.6) is 11.5 Å². The van der Waals surface area contributed by atoms with Crippen LogP contribution < -0.4 is 9.47 Å². The van der Waals surface area contributed by atoms with Crippen LogP contribution in [0, 0.1) is 0 Å². The molecule has 1 rings (SSSR count). The highest BCUT2D eigenvalue weighted by atomic mass is 79.9. The second-order valence-electron chi connectivity index (χ2n) is 4.28. The van der Waals surface area contributed by atoms with Crippen molar-refractivity contribution < 1.29 is 14.6 Å². The molecular formula is C12H17BrO3. The van der Waals surface area contributed by atoms with Gasteiger partial charge in [-0.25, -0.2) is 0 Å². The molecule has 3 nitrogen and oxygen atoms in total. The van der Waals surface area contributed by atoms with Gasteiger partial charge in [0.05, 0.1) is 19.8 Å². The first-order chi connectivity index (χ1) is 7.37. The smallest absolute Gasteiger partial charge is 0.126 e. The van der Waals surface area contributed by atoms with E-state index in [4.69, 9.17) is 9.47 Å². The zero-order valence-electron chi connectivity index (χ0n) is 10.0. The zero-order valence-corrected chi connectivity index (χ0v) is 11.6. The summed E-state index contributed by atoms with van der Waals surface area (Å²) in [6.07, 6.45) is 0.515. The number of rotatable bonds is 4. The molecule has 0 saturated heterocycles. The molecule has 1 aromatic rings. The van der Waals surface area contributed by atoms with Crippen LogP contribution >= 0.6 is 15.9 Å². The van der Waals surface area contributed by atoms with Crippen molar-refractivity contribution in [1.29, 1.82) is 0 Å². The highest BCUT2D eigenvalue weighted by molar-refractivity contribution is 9.10. The predicted molar refractivity (Wildman–Crippen MR) is 67.2 cm³/mol. The number of benzene rings is 1. The van der Waals surface area contributed by atoms with E-state index >= 15 is 0 Å². The number of aliphatic hydroxyl groups is 1. The van der Waals surface area contributed by atoms with Gasteiger partial charge in [0, 0.05) is 22.5 Å². The van der Waals surface area contributed by atoms with Gasteiger partial charge in [-0.1, -0.05) is 15.9 Å². The van der Waals surface area contributed by atoms with Crippen molar-refractivity contribution in [1.82, 2.24) is 0 Å². The fraction of sp³-hybridized carbons (Fsp3) is 0.500. The normalized spacial score (nSPS) is 11.4. The quantitative estimate of drug-likeness (QED) is 0.926. The molecule has 0 unspecified atom stereocenters. The van der Waals surface area contributed by atoms with Crippen LogP contribution in [0.1, 0.15) is 19.4 Å². The van der Waals surface area contributed by atoms with E-state index in [0.29, 0.717) is 12.2 Å². The summed E-state index contributed by atoms with van der Waals surface area (Å²) in [5, 5.41) is 9.83. The van der Waals surface area contributed by atoms with Crippen LogP contribution in [0.2, 0.25) is 0 Å². The van der Waals surface area contributed by atoms with Crippen LogP contribution in [-0.4, -0.2) is 24.9 Å². The minimum absolute atomic E-state index is 0.515. The Morgan fingerprint density at radius 2 is 1.88 bits per heavy atom. The first-order valence-electron chi connectivity index (χ1n) is 5.00. The van der Waals surface area contributed by atoms with E-state index in [-0.39, 0.29) is 0 Å². The topological polar surface area (TPSA) is 38.7 Å². The fourth-order valence-electron chi connectivity index (χ4n) is 1.49. The second-order valence-corrected chi connectivity index (χ2v) is 5.13. The molecule has 90 valence electrons. The third-order valence-corrected chi connectivity index (χ3v) is 2.90. The van der Waals surface area contributed by atoms with Gasteiger partial charge in [0.15, 0.2) is 0 Å². The molecule has 0 aliphatic carbocycles. The molecule has 0 radical (unpaired) electrons. The van der Waals surface area contributed by atoms with Crippen molar-refractivity contribution in [2.24, 2.45) is 0 Å². The third-order valence-electron chi connectivity index (χ3n) is 2.19. The number of methoxy groups -OCH3 is 2. The van der Waals surface area contributed by atoms with E-state index in [9.17, 15) is 5.11 Å². The standard InChI is InChI=1S/C12H17BrO3/c1-12(2,14)7-9-10(13)5-8(15-3)6-11(9)16-4/h5-6,14H,7H2,1-4H3. The molecule has 16 heavy (non-hydrogen) atoms. The minimum atomic E-state index is -0.773. The van der Waals surface area contributed by atoms with Crippen molar-refractivity contribution >= 4 is 15.9 Å². The Bertz CT molecular complexity index is 369. The average Bonchev–Trinajstić information content (AvgIpc) is 2.19. The molecular weight excluding hydrogens is 272 g/mol. The molecule has 1 aromatic carbocycles. The highest BCUT2D eigenvalue weighted by Crippen LogP contribution is 2.34. The summed E-state index contributed by atoms with van der Waals surface area (Å²) in [6, 6.07) is 3.68. The van der Waals surface area contributed by atoms with Gasteiger partial charge < -0.3 is 14.6 Å². The first-order valence-corrected chi connectivity index (χ1v) is 5.79. The largest absolute Gasteiger partial charge is 0.497 e. The van der Waals surface area contributed by atoms with E-state index in [1.807, 2.05) is 12.1 Å². The predicted octanol–water partition coefficient (Wildman–Crippen LogP) is 2.78. The van der Waals surface area contributed by atoms with E-state index in [2.05, 4.69) is 15.9 Å². The van der Waals surface area contributed by atoms with E-state index in [1.165, 1.54) is 0 Å². The van der Waals surface area contributed by atoms with Crippen molar-refractivity contribution in [3.63, 3.8) is 0 Å². The van der Waals surface area contributed by atoms with Crippen molar-refractivity contribution in [2.45, 2.75) is 25.9 Å². The SMILES string of the molecule is COc1cc(Br)c(CC(C)(C)O)c(OC)c1. The molecule has 0 aliphatic rings. The molecule has 1 N–H and O–H groups in total. The maximum Gasteiger partial charge on any atom is 0.126 e. The van der Waals surface area contributed by atoms with Crippen LogP contribution in [0.4, 0.5) is 0 Å². The van der Waals surface area contributed by atoms with Gasteiger partial charge in [-0.05, 0) is 19.9 Å². The average molecular weight is 289 g/mol. The second kappa shape index (κ2) is 5.06. The Morgan fingerprint density at radius 3 is 2.31 bits per heavy atom. The fourth-order valence-corrected chi connectivity index (χ4v) is 2.05. The lowest BCUT2D eigenvalue weighted by atomic mass is 9.98. The molecule has 0 atom stereocenters. The lowest BCUT2D eigenvalue weighted by Gasteiger charge is -2.20. The number of halogens is 1. The van der Waals surface area contributed by atoms with E-state index in [0.717, 1.165) is 15.8 Å². The molecule has 0 heterocycles. The lowest BCUT2D eigenvalue weighted by molar-refractivity contribution is 0.0800. The molecule has 0 amide bonds. The third kappa shape index (κ3) is 3.39. The van der Waals surface area contributed by atoms with Crippen LogP contribution in [0.3, 0.4) is 0 Å². The summed E-state index contributed by atoms with van der Waals surface area (Å²) in [6.45, 7) is 3.53. The van der Waals surface area contributed by atoms with E-state index < -0.39 is 5.60 Å². The summed E-state index contributed by atoms with van der Waals surface area (Å²) >= 11 is 3.46.